The molecule has 0 saturated carbocycles. The van der Waals surface area contributed by atoms with E-state index in [1.54, 1.807) is 6.20 Å². The van der Waals surface area contributed by atoms with Crippen molar-refractivity contribution in [3.05, 3.63) is 53.6 Å². The second kappa shape index (κ2) is 6.92. The first-order valence-electron chi connectivity index (χ1n) is 5.64. The van der Waals surface area contributed by atoms with Crippen molar-refractivity contribution in [2.45, 2.75) is 13.2 Å². The maximum atomic E-state index is 7.30. The van der Waals surface area contributed by atoms with Crippen LogP contribution in [0.15, 0.2) is 36.7 Å². The van der Waals surface area contributed by atoms with Gasteiger partial charge in [0, 0.05) is 25.0 Å². The largest absolute Gasteiger partial charge is 0.384 e. The van der Waals surface area contributed by atoms with Crippen LogP contribution in [0.2, 0.25) is 0 Å². The third-order valence-electron chi connectivity index (χ3n) is 2.69. The highest BCUT2D eigenvalue weighted by Crippen LogP contribution is 2.06. The number of nitrogens with zero attached hydrogens (tertiary/aromatic N) is 2. The quantitative estimate of drug-likeness (QED) is 0.648. The van der Waals surface area contributed by atoms with E-state index in [0.717, 1.165) is 17.0 Å². The van der Waals surface area contributed by atoms with Crippen LogP contribution in [0.1, 0.15) is 17.0 Å². The predicted molar refractivity (Wildman–Crippen MR) is 76.4 cm³/mol. The maximum absolute atomic E-state index is 7.30. The Hall–Kier alpha value is -1.85. The van der Waals surface area contributed by atoms with Crippen molar-refractivity contribution in [2.75, 3.05) is 0 Å². The summed E-state index contributed by atoms with van der Waals surface area (Å²) in [5, 5.41) is 7.30. The van der Waals surface area contributed by atoms with E-state index in [1.165, 1.54) is 0 Å². The molecule has 102 valence electrons. The Balaban J connectivity index is 0.00000180. The molecule has 2 aromatic rings. The molecule has 6 heteroatoms. The number of ether oxygens (including phenoxy) is 1. The van der Waals surface area contributed by atoms with Crippen LogP contribution in [0.4, 0.5) is 0 Å². The van der Waals surface area contributed by atoms with Gasteiger partial charge in [-0.05, 0) is 5.56 Å². The monoisotopic (exact) mass is 280 g/mol. The molecule has 0 bridgehead atoms. The normalized spacial score (nSPS) is 9.95. The number of amidine groups is 1. The van der Waals surface area contributed by atoms with Crippen LogP contribution in [0.25, 0.3) is 0 Å². The van der Waals surface area contributed by atoms with E-state index in [4.69, 9.17) is 15.9 Å². The number of nitrogens with two attached hydrogens (primary N) is 1. The number of aryl methyl sites for hydroxylation is 1. The molecule has 0 aliphatic carbocycles. The van der Waals surface area contributed by atoms with Gasteiger partial charge in [0.15, 0.2) is 0 Å². The minimum Gasteiger partial charge on any atom is -0.384 e. The Kier molecular flexibility index (Phi) is 5.54. The van der Waals surface area contributed by atoms with Crippen molar-refractivity contribution in [1.82, 2.24) is 9.55 Å². The van der Waals surface area contributed by atoms with Gasteiger partial charge in [0.2, 0.25) is 0 Å². The van der Waals surface area contributed by atoms with Crippen LogP contribution in [-0.2, 0) is 25.0 Å². The van der Waals surface area contributed by atoms with E-state index in [1.807, 2.05) is 42.1 Å². The van der Waals surface area contributed by atoms with E-state index in [0.29, 0.717) is 13.2 Å². The Labute approximate surface area is 118 Å². The third kappa shape index (κ3) is 4.08. The fourth-order valence-corrected chi connectivity index (χ4v) is 1.58. The molecule has 1 aromatic carbocycles. The fraction of sp³-hybridized carbons (Fsp3) is 0.231. The standard InChI is InChI=1S/C13H16N4O.ClH/c1-17-7-6-16-12(17)9-18-8-10-2-4-11(5-3-10)13(14)15;/h2-7H,8-9H2,1H3,(H3,14,15);1H. The summed E-state index contributed by atoms with van der Waals surface area (Å²) in [6.45, 7) is 1.00. The lowest BCUT2D eigenvalue weighted by Gasteiger charge is -2.05. The van der Waals surface area contributed by atoms with E-state index >= 15 is 0 Å². The summed E-state index contributed by atoms with van der Waals surface area (Å²) in [5.41, 5.74) is 7.16. The first-order chi connectivity index (χ1) is 8.66. The van der Waals surface area contributed by atoms with Gasteiger partial charge in [-0.15, -0.1) is 12.4 Å². The van der Waals surface area contributed by atoms with E-state index in [-0.39, 0.29) is 18.2 Å². The molecule has 19 heavy (non-hydrogen) atoms. The summed E-state index contributed by atoms with van der Waals surface area (Å²) in [4.78, 5) is 4.18. The van der Waals surface area contributed by atoms with Crippen molar-refractivity contribution in [2.24, 2.45) is 12.8 Å². The van der Waals surface area contributed by atoms with Crippen molar-refractivity contribution >= 4 is 18.2 Å². The van der Waals surface area contributed by atoms with Gasteiger partial charge < -0.3 is 15.0 Å². The molecule has 2 rings (SSSR count). The molecule has 0 unspecified atom stereocenters. The van der Waals surface area contributed by atoms with Gasteiger partial charge in [-0.2, -0.15) is 0 Å². The molecule has 5 nitrogen and oxygen atoms in total. The summed E-state index contributed by atoms with van der Waals surface area (Å²) in [5.74, 6) is 0.978. The lowest BCUT2D eigenvalue weighted by Crippen LogP contribution is -2.10. The average molecular weight is 281 g/mol. The number of benzene rings is 1. The summed E-state index contributed by atoms with van der Waals surface area (Å²) in [6, 6.07) is 7.47. The zero-order valence-corrected chi connectivity index (χ0v) is 11.5. The Bertz CT molecular complexity index is 536. The molecule has 1 heterocycles. The topological polar surface area (TPSA) is 76.9 Å². The summed E-state index contributed by atoms with van der Waals surface area (Å²) in [6.07, 6.45) is 3.64. The maximum Gasteiger partial charge on any atom is 0.134 e. The van der Waals surface area contributed by atoms with E-state index in [9.17, 15) is 0 Å². The highest BCUT2D eigenvalue weighted by Gasteiger charge is 2.00. The smallest absolute Gasteiger partial charge is 0.134 e. The van der Waals surface area contributed by atoms with Crippen molar-refractivity contribution in [1.29, 1.82) is 5.41 Å². The molecular weight excluding hydrogens is 264 g/mol. The van der Waals surface area contributed by atoms with Gasteiger partial charge in [0.25, 0.3) is 0 Å². The first kappa shape index (κ1) is 15.2. The van der Waals surface area contributed by atoms with Gasteiger partial charge in [-0.1, -0.05) is 24.3 Å². The SMILES string of the molecule is Cl.Cn1ccnc1COCc1ccc(C(=N)N)cc1. The van der Waals surface area contributed by atoms with Crippen molar-refractivity contribution < 1.29 is 4.74 Å². The number of hydrogen-bond acceptors (Lipinski definition) is 3. The van der Waals surface area contributed by atoms with Crippen LogP contribution < -0.4 is 5.73 Å². The summed E-state index contributed by atoms with van der Waals surface area (Å²) < 4.78 is 7.51. The number of halogens is 1. The number of rotatable bonds is 5. The van der Waals surface area contributed by atoms with Gasteiger partial charge in [-0.3, -0.25) is 5.41 Å². The zero-order valence-electron chi connectivity index (χ0n) is 10.7. The molecule has 0 aliphatic heterocycles. The van der Waals surface area contributed by atoms with Gasteiger partial charge in [0.05, 0.1) is 6.61 Å². The van der Waals surface area contributed by atoms with Crippen LogP contribution >= 0.6 is 12.4 Å². The second-order valence-corrected chi connectivity index (χ2v) is 4.06. The van der Waals surface area contributed by atoms with Gasteiger partial charge in [0.1, 0.15) is 18.3 Å². The van der Waals surface area contributed by atoms with Gasteiger partial charge >= 0.3 is 0 Å². The summed E-state index contributed by atoms with van der Waals surface area (Å²) in [7, 11) is 1.94. The molecule has 3 N–H and O–H groups in total. The number of imidazole rings is 1. The fourth-order valence-electron chi connectivity index (χ4n) is 1.58. The third-order valence-corrected chi connectivity index (χ3v) is 2.69. The number of nitrogens with one attached hydrogen (secondary N) is 1. The zero-order chi connectivity index (χ0) is 13.0. The molecule has 0 spiro atoms. The van der Waals surface area contributed by atoms with Gasteiger partial charge in [-0.25, -0.2) is 4.98 Å². The molecule has 0 saturated heterocycles. The lowest BCUT2D eigenvalue weighted by atomic mass is 10.1. The van der Waals surface area contributed by atoms with E-state index < -0.39 is 0 Å². The highest BCUT2D eigenvalue weighted by atomic mass is 35.5. The Morgan fingerprint density at radius 2 is 2.00 bits per heavy atom. The summed E-state index contributed by atoms with van der Waals surface area (Å²) >= 11 is 0. The highest BCUT2D eigenvalue weighted by molar-refractivity contribution is 5.94. The number of hydrogen-bond donors (Lipinski definition) is 2. The van der Waals surface area contributed by atoms with Crippen molar-refractivity contribution in [3.8, 4) is 0 Å². The molecule has 0 fully saturated rings. The first-order valence-corrected chi connectivity index (χ1v) is 5.64. The molecular formula is C13H17ClN4O. The molecule has 0 amide bonds. The second-order valence-electron chi connectivity index (χ2n) is 4.06. The molecule has 0 aliphatic rings. The minimum absolute atomic E-state index is 0. The molecule has 1 aromatic heterocycles. The van der Waals surface area contributed by atoms with Crippen LogP contribution in [0.3, 0.4) is 0 Å². The van der Waals surface area contributed by atoms with Crippen molar-refractivity contribution in [3.63, 3.8) is 0 Å². The van der Waals surface area contributed by atoms with Crippen LogP contribution in [0.5, 0.6) is 0 Å². The average Bonchev–Trinajstić information content (AvgIpc) is 2.76. The Morgan fingerprint density at radius 1 is 1.32 bits per heavy atom. The molecule has 0 radical (unpaired) electrons. The predicted octanol–water partition coefficient (Wildman–Crippen LogP) is 1.84. The van der Waals surface area contributed by atoms with E-state index in [2.05, 4.69) is 4.98 Å². The number of aromatic nitrogens is 2. The lowest BCUT2D eigenvalue weighted by molar-refractivity contribution is 0.1000. The Morgan fingerprint density at radius 3 is 2.53 bits per heavy atom. The van der Waals surface area contributed by atoms with Crippen LogP contribution in [-0.4, -0.2) is 15.4 Å². The number of nitrogen functional groups attached to an aromatic ring is 1. The minimum atomic E-state index is 0. The van der Waals surface area contributed by atoms with Crippen LogP contribution in [0, 0.1) is 5.41 Å². The molecule has 0 atom stereocenters.